The second-order valence-electron chi connectivity index (χ2n) is 3.92. The van der Waals surface area contributed by atoms with Gasteiger partial charge < -0.3 is 19.9 Å². The van der Waals surface area contributed by atoms with Crippen molar-refractivity contribution in [3.05, 3.63) is 22.2 Å². The van der Waals surface area contributed by atoms with Crippen molar-refractivity contribution < 1.29 is 24.2 Å². The maximum absolute atomic E-state index is 11.1. The van der Waals surface area contributed by atoms with Gasteiger partial charge in [0.2, 0.25) is 5.91 Å². The second-order valence-corrected chi connectivity index (χ2v) is 4.77. The zero-order chi connectivity index (χ0) is 15.1. The predicted molar refractivity (Wildman–Crippen MR) is 76.4 cm³/mol. The number of aromatic carboxylic acids is 1. The summed E-state index contributed by atoms with van der Waals surface area (Å²) in [5.74, 6) is -0.345. The van der Waals surface area contributed by atoms with Gasteiger partial charge in [0.15, 0.2) is 11.5 Å². The molecule has 0 atom stereocenters. The van der Waals surface area contributed by atoms with E-state index in [0.717, 1.165) is 0 Å². The van der Waals surface area contributed by atoms with Crippen LogP contribution in [-0.4, -0.2) is 37.7 Å². The molecule has 6 nitrogen and oxygen atoms in total. The third-order valence-corrected chi connectivity index (χ3v) is 3.14. The van der Waals surface area contributed by atoms with Gasteiger partial charge in [0, 0.05) is 13.5 Å². The highest BCUT2D eigenvalue weighted by Crippen LogP contribution is 2.36. The van der Waals surface area contributed by atoms with Crippen LogP contribution in [0.1, 0.15) is 23.2 Å². The number of benzene rings is 1. The molecule has 0 aliphatic carbocycles. The van der Waals surface area contributed by atoms with Crippen LogP contribution in [0.3, 0.4) is 0 Å². The minimum absolute atomic E-state index is 0.0548. The highest BCUT2D eigenvalue weighted by Gasteiger charge is 2.15. The van der Waals surface area contributed by atoms with Crippen LogP contribution in [0.2, 0.25) is 0 Å². The molecule has 1 aromatic carbocycles. The average Bonchev–Trinajstić information content (AvgIpc) is 2.43. The lowest BCUT2D eigenvalue weighted by atomic mass is 10.2. The van der Waals surface area contributed by atoms with Crippen LogP contribution < -0.4 is 14.8 Å². The summed E-state index contributed by atoms with van der Waals surface area (Å²) in [6, 6.07) is 2.83. The smallest absolute Gasteiger partial charge is 0.335 e. The van der Waals surface area contributed by atoms with Crippen LogP contribution >= 0.6 is 15.9 Å². The topological polar surface area (TPSA) is 84.9 Å². The van der Waals surface area contributed by atoms with Crippen molar-refractivity contribution in [2.75, 3.05) is 20.8 Å². The van der Waals surface area contributed by atoms with Gasteiger partial charge in [-0.3, -0.25) is 4.79 Å². The largest absolute Gasteiger partial charge is 0.493 e. The van der Waals surface area contributed by atoms with Crippen LogP contribution in [0.25, 0.3) is 0 Å². The van der Waals surface area contributed by atoms with E-state index in [1.165, 1.54) is 19.2 Å². The molecule has 0 aliphatic heterocycles. The molecule has 2 N–H and O–H groups in total. The number of carboxylic acids is 1. The fourth-order valence-electron chi connectivity index (χ4n) is 1.52. The normalized spacial score (nSPS) is 9.95. The summed E-state index contributed by atoms with van der Waals surface area (Å²) >= 11 is 3.25. The number of carbonyl (C=O) groups excluding carboxylic acids is 1. The standard InChI is InChI=1S/C13H16BrNO5/c1-15-11(16)4-3-5-20-12-9(14)6-8(13(17)18)7-10(12)19-2/h6-7H,3-5H2,1-2H3,(H,15,16)(H,17,18). The van der Waals surface area contributed by atoms with Crippen molar-refractivity contribution in [2.24, 2.45) is 0 Å². The minimum Gasteiger partial charge on any atom is -0.493 e. The first-order chi connectivity index (χ1) is 9.49. The van der Waals surface area contributed by atoms with Crippen molar-refractivity contribution in [3.8, 4) is 11.5 Å². The summed E-state index contributed by atoms with van der Waals surface area (Å²) in [5, 5.41) is 11.5. The lowest BCUT2D eigenvalue weighted by molar-refractivity contribution is -0.120. The van der Waals surface area contributed by atoms with E-state index < -0.39 is 5.97 Å². The van der Waals surface area contributed by atoms with Crippen molar-refractivity contribution in [2.45, 2.75) is 12.8 Å². The monoisotopic (exact) mass is 345 g/mol. The number of halogens is 1. The number of amides is 1. The third kappa shape index (κ3) is 4.41. The molecule has 0 radical (unpaired) electrons. The molecule has 0 aliphatic rings. The molecule has 20 heavy (non-hydrogen) atoms. The van der Waals surface area contributed by atoms with Crippen molar-refractivity contribution in [1.82, 2.24) is 5.32 Å². The number of ether oxygens (including phenoxy) is 2. The zero-order valence-corrected chi connectivity index (χ0v) is 12.8. The maximum Gasteiger partial charge on any atom is 0.335 e. The van der Waals surface area contributed by atoms with Gasteiger partial charge in [-0.25, -0.2) is 4.79 Å². The first-order valence-corrected chi connectivity index (χ1v) is 6.73. The number of carboxylic acid groups (broad SMARTS) is 1. The SMILES string of the molecule is CNC(=O)CCCOc1c(Br)cc(C(=O)O)cc1OC. The van der Waals surface area contributed by atoms with Gasteiger partial charge in [-0.1, -0.05) is 0 Å². The maximum atomic E-state index is 11.1. The van der Waals surface area contributed by atoms with Crippen LogP contribution in [0, 0.1) is 0 Å². The van der Waals surface area contributed by atoms with E-state index in [-0.39, 0.29) is 11.5 Å². The van der Waals surface area contributed by atoms with Gasteiger partial charge in [0.25, 0.3) is 0 Å². The Morgan fingerprint density at radius 1 is 1.40 bits per heavy atom. The molecule has 0 saturated carbocycles. The average molecular weight is 346 g/mol. The Morgan fingerprint density at radius 2 is 2.10 bits per heavy atom. The van der Waals surface area contributed by atoms with E-state index in [9.17, 15) is 9.59 Å². The molecular formula is C13H16BrNO5. The fraction of sp³-hybridized carbons (Fsp3) is 0.385. The summed E-state index contributed by atoms with van der Waals surface area (Å²) in [7, 11) is 3.01. The highest BCUT2D eigenvalue weighted by molar-refractivity contribution is 9.10. The van der Waals surface area contributed by atoms with Gasteiger partial charge in [-0.05, 0) is 34.5 Å². The van der Waals surface area contributed by atoms with Gasteiger partial charge in [0.1, 0.15) is 0 Å². The number of nitrogens with one attached hydrogen (secondary N) is 1. The van der Waals surface area contributed by atoms with E-state index in [2.05, 4.69) is 21.2 Å². The molecule has 7 heteroatoms. The number of carbonyl (C=O) groups is 2. The van der Waals surface area contributed by atoms with Crippen LogP contribution in [0.4, 0.5) is 0 Å². The lowest BCUT2D eigenvalue weighted by Crippen LogP contribution is -2.18. The third-order valence-electron chi connectivity index (χ3n) is 2.55. The molecule has 0 heterocycles. The van der Waals surface area contributed by atoms with Crippen LogP contribution in [-0.2, 0) is 4.79 Å². The zero-order valence-electron chi connectivity index (χ0n) is 11.2. The van der Waals surface area contributed by atoms with Gasteiger partial charge in [0.05, 0.1) is 23.8 Å². The van der Waals surface area contributed by atoms with Gasteiger partial charge in [-0.2, -0.15) is 0 Å². The van der Waals surface area contributed by atoms with Gasteiger partial charge in [-0.15, -0.1) is 0 Å². The molecule has 1 rings (SSSR count). The van der Waals surface area contributed by atoms with Crippen molar-refractivity contribution in [3.63, 3.8) is 0 Å². The second kappa shape index (κ2) is 7.74. The summed E-state index contributed by atoms with van der Waals surface area (Å²) in [6.07, 6.45) is 0.916. The number of rotatable bonds is 7. The molecule has 1 amide bonds. The Balaban J connectivity index is 2.74. The predicted octanol–water partition coefficient (Wildman–Crippen LogP) is 2.06. The molecule has 0 aromatic heterocycles. The van der Waals surface area contributed by atoms with E-state index in [1.807, 2.05) is 0 Å². The van der Waals surface area contributed by atoms with E-state index in [0.29, 0.717) is 35.4 Å². The molecule has 1 aromatic rings. The molecule has 0 bridgehead atoms. The highest BCUT2D eigenvalue weighted by atomic mass is 79.9. The van der Waals surface area contributed by atoms with Crippen LogP contribution in [0.5, 0.6) is 11.5 Å². The Bertz CT molecular complexity index is 504. The molecule has 0 spiro atoms. The quantitative estimate of drug-likeness (QED) is 0.739. The van der Waals surface area contributed by atoms with E-state index in [4.69, 9.17) is 14.6 Å². The molecular weight excluding hydrogens is 330 g/mol. The summed E-state index contributed by atoms with van der Waals surface area (Å²) in [5.41, 5.74) is 0.103. The summed E-state index contributed by atoms with van der Waals surface area (Å²) in [6.45, 7) is 0.328. The van der Waals surface area contributed by atoms with Gasteiger partial charge >= 0.3 is 5.97 Å². The van der Waals surface area contributed by atoms with Crippen molar-refractivity contribution in [1.29, 1.82) is 0 Å². The summed E-state index contributed by atoms with van der Waals surface area (Å²) < 4.78 is 11.2. The molecule has 0 saturated heterocycles. The Labute approximate surface area is 125 Å². The molecule has 110 valence electrons. The Hall–Kier alpha value is -1.76. The molecule has 0 unspecified atom stereocenters. The molecule has 0 fully saturated rings. The number of methoxy groups -OCH3 is 1. The first kappa shape index (κ1) is 16.3. The van der Waals surface area contributed by atoms with E-state index in [1.54, 1.807) is 7.05 Å². The first-order valence-electron chi connectivity index (χ1n) is 5.93. The fourth-order valence-corrected chi connectivity index (χ4v) is 2.07. The minimum atomic E-state index is -1.05. The number of hydrogen-bond acceptors (Lipinski definition) is 4. The Kier molecular flexibility index (Phi) is 6.30. The van der Waals surface area contributed by atoms with Crippen LogP contribution in [0.15, 0.2) is 16.6 Å². The van der Waals surface area contributed by atoms with E-state index >= 15 is 0 Å². The summed E-state index contributed by atoms with van der Waals surface area (Å²) in [4.78, 5) is 22.0. The Morgan fingerprint density at radius 3 is 2.65 bits per heavy atom. The lowest BCUT2D eigenvalue weighted by Gasteiger charge is -2.13. The van der Waals surface area contributed by atoms with Crippen molar-refractivity contribution >= 4 is 27.8 Å². The number of hydrogen-bond donors (Lipinski definition) is 2.